The summed E-state index contributed by atoms with van der Waals surface area (Å²) < 4.78 is 5.31. The number of hydrogen-bond donors (Lipinski definition) is 3. The zero-order chi connectivity index (χ0) is 12.0. The fraction of sp³-hybridized carbons (Fsp3) is 0.667. The second-order valence-corrected chi connectivity index (χ2v) is 4.30. The maximum absolute atomic E-state index is 9.57. The topological polar surface area (TPSA) is 65.6 Å². The lowest BCUT2D eigenvalue weighted by Crippen LogP contribution is -2.23. The second-order valence-electron chi connectivity index (χ2n) is 4.30. The monoisotopic (exact) mass is 227 g/mol. The van der Waals surface area contributed by atoms with Crippen LogP contribution in [0.25, 0.3) is 0 Å². The Labute approximate surface area is 96.3 Å². The van der Waals surface area contributed by atoms with E-state index in [0.717, 1.165) is 18.7 Å². The molecule has 0 saturated heterocycles. The average Bonchev–Trinajstić information content (AvgIpc) is 2.71. The standard InChI is InChI=1S/C12H21NO3/c1-9(2)12(15)5-6-13-7-10-3-4-11(8-14)16-10/h3-4,9,12-15H,5-8H2,1-2H3. The molecule has 0 amide bonds. The highest BCUT2D eigenvalue weighted by Gasteiger charge is 2.08. The summed E-state index contributed by atoms with van der Waals surface area (Å²) in [6.45, 7) is 5.33. The van der Waals surface area contributed by atoms with Gasteiger partial charge in [-0.25, -0.2) is 0 Å². The van der Waals surface area contributed by atoms with E-state index in [1.807, 2.05) is 19.9 Å². The van der Waals surface area contributed by atoms with E-state index in [0.29, 0.717) is 18.2 Å². The lowest BCUT2D eigenvalue weighted by molar-refractivity contribution is 0.116. The molecule has 0 aliphatic heterocycles. The molecule has 92 valence electrons. The molecule has 1 heterocycles. The van der Waals surface area contributed by atoms with Crippen molar-refractivity contribution in [2.24, 2.45) is 5.92 Å². The number of furan rings is 1. The highest BCUT2D eigenvalue weighted by molar-refractivity contribution is 5.05. The van der Waals surface area contributed by atoms with Gasteiger partial charge in [-0.2, -0.15) is 0 Å². The van der Waals surface area contributed by atoms with Crippen molar-refractivity contribution in [3.8, 4) is 0 Å². The predicted molar refractivity (Wildman–Crippen MR) is 61.8 cm³/mol. The molecule has 0 aliphatic carbocycles. The van der Waals surface area contributed by atoms with Gasteiger partial charge in [0.15, 0.2) is 0 Å². The smallest absolute Gasteiger partial charge is 0.129 e. The highest BCUT2D eigenvalue weighted by Crippen LogP contribution is 2.08. The van der Waals surface area contributed by atoms with Gasteiger partial charge in [0.25, 0.3) is 0 Å². The summed E-state index contributed by atoms with van der Waals surface area (Å²) in [6, 6.07) is 3.61. The number of rotatable bonds is 7. The molecule has 0 fully saturated rings. The van der Waals surface area contributed by atoms with Crippen LogP contribution in [0.5, 0.6) is 0 Å². The van der Waals surface area contributed by atoms with Crippen LogP contribution in [0.15, 0.2) is 16.5 Å². The van der Waals surface area contributed by atoms with Gasteiger partial charge in [-0.1, -0.05) is 13.8 Å². The molecule has 1 aromatic heterocycles. The van der Waals surface area contributed by atoms with Crippen LogP contribution in [0, 0.1) is 5.92 Å². The average molecular weight is 227 g/mol. The van der Waals surface area contributed by atoms with Gasteiger partial charge >= 0.3 is 0 Å². The van der Waals surface area contributed by atoms with Crippen molar-refractivity contribution in [1.29, 1.82) is 0 Å². The summed E-state index contributed by atoms with van der Waals surface area (Å²) >= 11 is 0. The second kappa shape index (κ2) is 6.68. The van der Waals surface area contributed by atoms with Crippen molar-refractivity contribution in [1.82, 2.24) is 5.32 Å². The van der Waals surface area contributed by atoms with Crippen molar-refractivity contribution in [2.75, 3.05) is 6.54 Å². The molecule has 4 nitrogen and oxygen atoms in total. The lowest BCUT2D eigenvalue weighted by Gasteiger charge is -2.13. The summed E-state index contributed by atoms with van der Waals surface area (Å²) in [5.74, 6) is 1.69. The van der Waals surface area contributed by atoms with Crippen LogP contribution in [-0.2, 0) is 13.2 Å². The largest absolute Gasteiger partial charge is 0.462 e. The molecule has 1 atom stereocenters. The summed E-state index contributed by atoms with van der Waals surface area (Å²) in [5, 5.41) is 21.6. The SMILES string of the molecule is CC(C)C(O)CCNCc1ccc(CO)o1. The molecule has 0 saturated carbocycles. The Balaban J connectivity index is 2.16. The number of hydrogen-bond acceptors (Lipinski definition) is 4. The normalized spacial score (nSPS) is 13.3. The van der Waals surface area contributed by atoms with E-state index in [-0.39, 0.29) is 12.7 Å². The van der Waals surface area contributed by atoms with Crippen molar-refractivity contribution in [3.05, 3.63) is 23.7 Å². The first kappa shape index (κ1) is 13.2. The third-order valence-corrected chi connectivity index (χ3v) is 2.56. The van der Waals surface area contributed by atoms with Crippen LogP contribution in [0.1, 0.15) is 31.8 Å². The van der Waals surface area contributed by atoms with E-state index >= 15 is 0 Å². The Morgan fingerprint density at radius 1 is 1.31 bits per heavy atom. The number of aliphatic hydroxyl groups excluding tert-OH is 2. The Kier molecular flexibility index (Phi) is 5.52. The van der Waals surface area contributed by atoms with Crippen LogP contribution < -0.4 is 5.32 Å². The van der Waals surface area contributed by atoms with E-state index in [1.165, 1.54) is 0 Å². The Morgan fingerprint density at radius 3 is 2.56 bits per heavy atom. The molecule has 1 aromatic rings. The third-order valence-electron chi connectivity index (χ3n) is 2.56. The molecule has 1 unspecified atom stereocenters. The van der Waals surface area contributed by atoms with E-state index in [9.17, 15) is 5.11 Å². The van der Waals surface area contributed by atoms with E-state index in [1.54, 1.807) is 6.07 Å². The molecule has 3 N–H and O–H groups in total. The van der Waals surface area contributed by atoms with Crippen LogP contribution in [-0.4, -0.2) is 22.9 Å². The van der Waals surface area contributed by atoms with Gasteiger partial charge in [-0.15, -0.1) is 0 Å². The lowest BCUT2D eigenvalue weighted by atomic mass is 10.0. The molecule has 0 bridgehead atoms. The summed E-state index contributed by atoms with van der Waals surface area (Å²) in [6.07, 6.45) is 0.489. The van der Waals surface area contributed by atoms with Gasteiger partial charge in [0, 0.05) is 0 Å². The number of nitrogens with one attached hydrogen (secondary N) is 1. The van der Waals surface area contributed by atoms with Crippen LogP contribution >= 0.6 is 0 Å². The minimum atomic E-state index is -0.253. The molecule has 0 radical (unpaired) electrons. The summed E-state index contributed by atoms with van der Waals surface area (Å²) in [5.41, 5.74) is 0. The Bertz CT molecular complexity index is 296. The third kappa shape index (κ3) is 4.35. The maximum Gasteiger partial charge on any atom is 0.129 e. The first-order valence-corrected chi connectivity index (χ1v) is 5.70. The molecule has 0 aromatic carbocycles. The van der Waals surface area contributed by atoms with Crippen molar-refractivity contribution >= 4 is 0 Å². The van der Waals surface area contributed by atoms with Crippen LogP contribution in [0.3, 0.4) is 0 Å². The Morgan fingerprint density at radius 2 is 2.00 bits per heavy atom. The van der Waals surface area contributed by atoms with Crippen molar-refractivity contribution in [2.45, 2.75) is 39.5 Å². The van der Waals surface area contributed by atoms with Gasteiger partial charge in [-0.05, 0) is 31.0 Å². The zero-order valence-electron chi connectivity index (χ0n) is 9.94. The number of aliphatic hydroxyl groups is 2. The minimum absolute atomic E-state index is 0.0634. The van der Waals surface area contributed by atoms with Gasteiger partial charge in [0.2, 0.25) is 0 Å². The van der Waals surface area contributed by atoms with Crippen LogP contribution in [0.4, 0.5) is 0 Å². The first-order chi connectivity index (χ1) is 7.63. The summed E-state index contributed by atoms with van der Waals surface area (Å²) in [4.78, 5) is 0. The maximum atomic E-state index is 9.57. The fourth-order valence-corrected chi connectivity index (χ4v) is 1.40. The fourth-order valence-electron chi connectivity index (χ4n) is 1.40. The predicted octanol–water partition coefficient (Wildman–Crippen LogP) is 1.27. The van der Waals surface area contributed by atoms with Gasteiger partial charge in [-0.3, -0.25) is 0 Å². The summed E-state index contributed by atoms with van der Waals surface area (Å²) in [7, 11) is 0. The molecule has 0 aliphatic rings. The van der Waals surface area contributed by atoms with Crippen molar-refractivity contribution < 1.29 is 14.6 Å². The van der Waals surface area contributed by atoms with Crippen molar-refractivity contribution in [3.63, 3.8) is 0 Å². The Hall–Kier alpha value is -0.840. The van der Waals surface area contributed by atoms with E-state index < -0.39 is 0 Å². The zero-order valence-corrected chi connectivity index (χ0v) is 9.94. The van der Waals surface area contributed by atoms with Gasteiger partial charge < -0.3 is 19.9 Å². The van der Waals surface area contributed by atoms with Gasteiger partial charge in [0.1, 0.15) is 18.1 Å². The molecular formula is C12H21NO3. The highest BCUT2D eigenvalue weighted by atomic mass is 16.4. The molecule has 1 rings (SSSR count). The molecular weight excluding hydrogens is 206 g/mol. The van der Waals surface area contributed by atoms with Gasteiger partial charge in [0.05, 0.1) is 12.6 Å². The molecule has 16 heavy (non-hydrogen) atoms. The van der Waals surface area contributed by atoms with Crippen LogP contribution in [0.2, 0.25) is 0 Å². The first-order valence-electron chi connectivity index (χ1n) is 5.70. The van der Waals surface area contributed by atoms with E-state index in [2.05, 4.69) is 5.32 Å². The minimum Gasteiger partial charge on any atom is -0.462 e. The molecule has 4 heteroatoms. The van der Waals surface area contributed by atoms with E-state index in [4.69, 9.17) is 9.52 Å². The quantitative estimate of drug-likeness (QED) is 0.614. The molecule has 0 spiro atoms.